The van der Waals surface area contributed by atoms with Crippen LogP contribution < -0.4 is 0 Å². The quantitative estimate of drug-likeness (QED) is 0.898. The van der Waals surface area contributed by atoms with Crippen molar-refractivity contribution in [3.8, 4) is 0 Å². The van der Waals surface area contributed by atoms with Gasteiger partial charge in [-0.15, -0.1) is 0 Å². The average Bonchev–Trinajstić information content (AvgIpc) is 2.88. The largest absolute Gasteiger partial charge is 0.396 e. The molecule has 0 amide bonds. The summed E-state index contributed by atoms with van der Waals surface area (Å²) in [4.78, 5) is 0.0579. The fourth-order valence-corrected chi connectivity index (χ4v) is 5.00. The third-order valence-corrected chi connectivity index (χ3v) is 6.17. The Morgan fingerprint density at radius 3 is 2.80 bits per heavy atom. The predicted octanol–water partition coefficient (Wildman–Crippen LogP) is 2.92. The van der Waals surface area contributed by atoms with Crippen molar-refractivity contribution in [3.05, 3.63) is 28.2 Å². The molecule has 1 fully saturated rings. The fraction of sp³-hybridized carbons (Fsp3) is 0.538. The summed E-state index contributed by atoms with van der Waals surface area (Å²) >= 11 is 11.9. The first-order chi connectivity index (χ1) is 9.46. The van der Waals surface area contributed by atoms with E-state index >= 15 is 0 Å². The molecule has 0 spiro atoms. The molecule has 1 aliphatic rings. The number of hydrogen-bond acceptors (Lipinski definition) is 3. The number of benzene rings is 1. The maximum Gasteiger partial charge on any atom is 0.244 e. The first kappa shape index (κ1) is 16.0. The predicted molar refractivity (Wildman–Crippen MR) is 79.7 cm³/mol. The molecule has 4 nitrogen and oxygen atoms in total. The van der Waals surface area contributed by atoms with Gasteiger partial charge in [-0.3, -0.25) is 0 Å². The number of halogens is 2. The molecule has 1 N–H and O–H groups in total. The van der Waals surface area contributed by atoms with E-state index in [-0.39, 0.29) is 22.6 Å². The van der Waals surface area contributed by atoms with Gasteiger partial charge in [0.1, 0.15) is 4.90 Å². The van der Waals surface area contributed by atoms with E-state index in [1.807, 2.05) is 0 Å². The minimum absolute atomic E-state index is 0.0579. The van der Waals surface area contributed by atoms with Gasteiger partial charge in [0.2, 0.25) is 10.0 Å². The van der Waals surface area contributed by atoms with E-state index in [0.29, 0.717) is 24.4 Å². The Hall–Kier alpha value is -0.330. The molecular formula is C13H17Cl2NO3S. The van der Waals surface area contributed by atoms with Crippen molar-refractivity contribution in [2.75, 3.05) is 13.2 Å². The molecule has 20 heavy (non-hydrogen) atoms. The molecule has 7 heteroatoms. The molecule has 0 aliphatic carbocycles. The molecule has 1 heterocycles. The molecule has 1 atom stereocenters. The van der Waals surface area contributed by atoms with Gasteiger partial charge < -0.3 is 5.11 Å². The van der Waals surface area contributed by atoms with Crippen molar-refractivity contribution in [2.24, 2.45) is 0 Å². The minimum atomic E-state index is -3.64. The molecule has 0 aromatic heterocycles. The molecule has 1 aromatic carbocycles. The highest BCUT2D eigenvalue weighted by molar-refractivity contribution is 7.89. The first-order valence-corrected chi connectivity index (χ1v) is 8.74. The van der Waals surface area contributed by atoms with E-state index < -0.39 is 10.0 Å². The Bertz CT molecular complexity index is 577. The van der Waals surface area contributed by atoms with Crippen LogP contribution >= 0.6 is 23.2 Å². The molecule has 0 radical (unpaired) electrons. The molecule has 1 saturated heterocycles. The van der Waals surface area contributed by atoms with Crippen molar-refractivity contribution < 1.29 is 13.5 Å². The lowest BCUT2D eigenvalue weighted by molar-refractivity contribution is 0.264. The summed E-state index contributed by atoms with van der Waals surface area (Å²) in [5.41, 5.74) is 0. The zero-order valence-corrected chi connectivity index (χ0v) is 13.3. The Balaban J connectivity index is 2.31. The van der Waals surface area contributed by atoms with Gasteiger partial charge in [0.05, 0.1) is 5.02 Å². The van der Waals surface area contributed by atoms with Gasteiger partial charge >= 0.3 is 0 Å². The lowest BCUT2D eigenvalue weighted by Crippen LogP contribution is -2.35. The van der Waals surface area contributed by atoms with Crippen molar-refractivity contribution >= 4 is 33.2 Å². The summed E-state index contributed by atoms with van der Waals surface area (Å²) in [5.74, 6) is 0. The van der Waals surface area contributed by atoms with E-state index in [1.165, 1.54) is 16.4 Å². The third kappa shape index (κ3) is 3.28. The molecule has 1 aliphatic heterocycles. The zero-order valence-electron chi connectivity index (χ0n) is 10.9. The summed E-state index contributed by atoms with van der Waals surface area (Å²) in [7, 11) is -3.64. The molecule has 112 valence electrons. The smallest absolute Gasteiger partial charge is 0.244 e. The lowest BCUT2D eigenvalue weighted by Gasteiger charge is -2.24. The summed E-state index contributed by atoms with van der Waals surface area (Å²) in [5, 5.41) is 9.44. The standard InChI is InChI=1S/C13H17Cl2NO3S/c14-10-5-6-12(15)13(9-10)20(18,19)16-7-1-3-11(16)4-2-8-17/h5-6,9,11,17H,1-4,7-8H2. The van der Waals surface area contributed by atoms with Crippen molar-refractivity contribution in [3.63, 3.8) is 0 Å². The van der Waals surface area contributed by atoms with Gasteiger partial charge in [-0.1, -0.05) is 23.2 Å². The summed E-state index contributed by atoms with van der Waals surface area (Å²) in [6, 6.07) is 4.38. The number of sulfonamides is 1. The highest BCUT2D eigenvalue weighted by atomic mass is 35.5. The van der Waals surface area contributed by atoms with Gasteiger partial charge in [-0.2, -0.15) is 4.31 Å². The second kappa shape index (κ2) is 6.62. The van der Waals surface area contributed by atoms with E-state index in [0.717, 1.165) is 12.8 Å². The monoisotopic (exact) mass is 337 g/mol. The van der Waals surface area contributed by atoms with Crippen LogP contribution in [0, 0.1) is 0 Å². The van der Waals surface area contributed by atoms with Crippen LogP contribution in [0.15, 0.2) is 23.1 Å². The minimum Gasteiger partial charge on any atom is -0.396 e. The number of nitrogens with zero attached hydrogens (tertiary/aromatic N) is 1. The van der Waals surface area contributed by atoms with Crippen molar-refractivity contribution in [1.82, 2.24) is 4.31 Å². The summed E-state index contributed by atoms with van der Waals surface area (Å²) in [6.07, 6.45) is 2.90. The van der Waals surface area contributed by atoms with Crippen LogP contribution in [0.3, 0.4) is 0 Å². The fourth-order valence-electron chi connectivity index (χ4n) is 2.54. The number of rotatable bonds is 5. The molecule has 1 aromatic rings. The lowest BCUT2D eigenvalue weighted by atomic mass is 10.1. The van der Waals surface area contributed by atoms with Crippen LogP contribution in [0.1, 0.15) is 25.7 Å². The van der Waals surface area contributed by atoms with E-state index in [1.54, 1.807) is 6.07 Å². The molecular weight excluding hydrogens is 321 g/mol. The highest BCUT2D eigenvalue weighted by Gasteiger charge is 2.35. The van der Waals surface area contributed by atoms with Crippen LogP contribution in [0.2, 0.25) is 10.0 Å². The molecule has 0 saturated carbocycles. The Kier molecular flexibility index (Phi) is 5.31. The molecule has 2 rings (SSSR count). The van der Waals surface area contributed by atoms with Crippen molar-refractivity contribution in [2.45, 2.75) is 36.6 Å². The van der Waals surface area contributed by atoms with Crippen LogP contribution in [-0.4, -0.2) is 37.0 Å². The second-order valence-electron chi connectivity index (χ2n) is 4.85. The van der Waals surface area contributed by atoms with E-state index in [2.05, 4.69) is 0 Å². The average molecular weight is 338 g/mol. The van der Waals surface area contributed by atoms with Gasteiger partial charge in [-0.25, -0.2) is 8.42 Å². The van der Waals surface area contributed by atoms with Crippen LogP contribution in [-0.2, 0) is 10.0 Å². The Morgan fingerprint density at radius 1 is 1.35 bits per heavy atom. The maximum absolute atomic E-state index is 12.7. The highest BCUT2D eigenvalue weighted by Crippen LogP contribution is 2.33. The van der Waals surface area contributed by atoms with Crippen LogP contribution in [0.4, 0.5) is 0 Å². The number of aliphatic hydroxyl groups excluding tert-OH is 1. The number of hydrogen-bond donors (Lipinski definition) is 1. The van der Waals surface area contributed by atoms with Crippen LogP contribution in [0.5, 0.6) is 0 Å². The molecule has 1 unspecified atom stereocenters. The third-order valence-electron chi connectivity index (χ3n) is 3.50. The van der Waals surface area contributed by atoms with Gasteiger partial charge in [0.15, 0.2) is 0 Å². The normalized spacial score (nSPS) is 20.4. The van der Waals surface area contributed by atoms with E-state index in [9.17, 15) is 8.42 Å². The van der Waals surface area contributed by atoms with Crippen molar-refractivity contribution in [1.29, 1.82) is 0 Å². The Labute approximate surface area is 129 Å². The van der Waals surface area contributed by atoms with Crippen LogP contribution in [0.25, 0.3) is 0 Å². The van der Waals surface area contributed by atoms with E-state index in [4.69, 9.17) is 28.3 Å². The van der Waals surface area contributed by atoms with Gasteiger partial charge in [0.25, 0.3) is 0 Å². The SMILES string of the molecule is O=S(=O)(c1cc(Cl)ccc1Cl)N1CCCC1CCCO. The topological polar surface area (TPSA) is 57.6 Å². The van der Waals surface area contributed by atoms with Gasteiger partial charge in [-0.05, 0) is 43.9 Å². The van der Waals surface area contributed by atoms with Gasteiger partial charge in [0, 0.05) is 24.2 Å². The maximum atomic E-state index is 12.7. The second-order valence-corrected chi connectivity index (χ2v) is 7.55. The summed E-state index contributed by atoms with van der Waals surface area (Å²) < 4.78 is 26.9. The zero-order chi connectivity index (χ0) is 14.8. The molecule has 0 bridgehead atoms. The summed E-state index contributed by atoms with van der Waals surface area (Å²) in [6.45, 7) is 0.559. The first-order valence-electron chi connectivity index (χ1n) is 6.54. The number of aliphatic hydroxyl groups is 1. The Morgan fingerprint density at radius 2 is 2.10 bits per heavy atom.